The van der Waals surface area contributed by atoms with Crippen LogP contribution in [0.4, 0.5) is 0 Å². The van der Waals surface area contributed by atoms with Gasteiger partial charge in [-0.15, -0.1) is 11.6 Å². The highest BCUT2D eigenvalue weighted by atomic mass is 35.5. The molecular formula is C16H16ClNO5. The summed E-state index contributed by atoms with van der Waals surface area (Å²) < 4.78 is 21.6. The number of alkyl halides is 1. The summed E-state index contributed by atoms with van der Waals surface area (Å²) in [7, 11) is 0. The zero-order valence-electron chi connectivity index (χ0n) is 12.5. The number of carbonyl (C=O) groups is 1. The highest BCUT2D eigenvalue weighted by molar-refractivity contribution is 6.16. The van der Waals surface area contributed by atoms with Crippen LogP contribution in [0.25, 0.3) is 0 Å². The largest absolute Gasteiger partial charge is 0.489 e. The number of amides is 1. The third-order valence-electron chi connectivity index (χ3n) is 3.25. The van der Waals surface area contributed by atoms with Crippen LogP contribution in [0.3, 0.4) is 0 Å². The van der Waals surface area contributed by atoms with Crippen molar-refractivity contribution in [2.24, 2.45) is 0 Å². The fourth-order valence-electron chi connectivity index (χ4n) is 2.12. The Labute approximate surface area is 138 Å². The molecule has 0 saturated heterocycles. The Balaban J connectivity index is 1.51. The van der Waals surface area contributed by atoms with Crippen molar-refractivity contribution in [3.05, 3.63) is 41.9 Å². The van der Waals surface area contributed by atoms with E-state index in [9.17, 15) is 4.79 Å². The maximum Gasteiger partial charge on any atom is 0.287 e. The minimum absolute atomic E-state index is 0.220. The van der Waals surface area contributed by atoms with Crippen molar-refractivity contribution < 1.29 is 23.4 Å². The van der Waals surface area contributed by atoms with Crippen molar-refractivity contribution in [3.8, 4) is 17.2 Å². The number of benzene rings is 1. The summed E-state index contributed by atoms with van der Waals surface area (Å²) in [4.78, 5) is 11.9. The number of carbonyl (C=O) groups excluding carboxylic acids is 1. The van der Waals surface area contributed by atoms with Gasteiger partial charge in [-0.05, 0) is 31.2 Å². The number of ether oxygens (including phenoxy) is 3. The molecule has 1 amide bonds. The van der Waals surface area contributed by atoms with Gasteiger partial charge >= 0.3 is 0 Å². The van der Waals surface area contributed by atoms with Gasteiger partial charge in [0, 0.05) is 6.07 Å². The molecule has 0 spiro atoms. The number of rotatable bonds is 6. The van der Waals surface area contributed by atoms with Gasteiger partial charge in [-0.3, -0.25) is 4.79 Å². The van der Waals surface area contributed by atoms with Gasteiger partial charge in [0.05, 0.1) is 12.4 Å². The Morgan fingerprint density at radius 2 is 2.13 bits per heavy atom. The van der Waals surface area contributed by atoms with Crippen molar-refractivity contribution in [1.29, 1.82) is 0 Å². The molecule has 6 nitrogen and oxygen atoms in total. The molecule has 0 aliphatic carbocycles. The first-order valence-electron chi connectivity index (χ1n) is 7.15. The maximum atomic E-state index is 11.9. The fraction of sp³-hybridized carbons (Fsp3) is 0.312. The molecule has 2 aromatic rings. The van der Waals surface area contributed by atoms with E-state index in [1.54, 1.807) is 30.3 Å². The van der Waals surface area contributed by atoms with Crippen LogP contribution in [0, 0.1) is 0 Å². The van der Waals surface area contributed by atoms with Gasteiger partial charge in [0.1, 0.15) is 17.6 Å². The van der Waals surface area contributed by atoms with Gasteiger partial charge < -0.3 is 23.9 Å². The van der Waals surface area contributed by atoms with Crippen LogP contribution < -0.4 is 19.5 Å². The van der Waals surface area contributed by atoms with E-state index in [0.717, 1.165) is 0 Å². The molecule has 122 valence electrons. The zero-order chi connectivity index (χ0) is 16.2. The second-order valence-electron chi connectivity index (χ2n) is 5.05. The molecule has 0 saturated carbocycles. The Morgan fingerprint density at radius 1 is 1.30 bits per heavy atom. The van der Waals surface area contributed by atoms with E-state index in [-0.39, 0.29) is 30.4 Å². The van der Waals surface area contributed by atoms with Crippen molar-refractivity contribution >= 4 is 17.5 Å². The molecule has 1 aromatic carbocycles. The monoisotopic (exact) mass is 337 g/mol. The molecule has 1 aliphatic rings. The average Bonchev–Trinajstić information content (AvgIpc) is 3.20. The number of furan rings is 1. The zero-order valence-corrected chi connectivity index (χ0v) is 13.3. The standard InChI is InChI=1S/C16H16ClNO5/c1-10(8-18-16(19)14-5-3-12(7-17)23-14)22-11-2-4-13-15(6-11)21-9-20-13/h2-6,10H,7-9H2,1H3,(H,18,19). The molecule has 0 fully saturated rings. The van der Waals surface area contributed by atoms with Crippen molar-refractivity contribution in [1.82, 2.24) is 5.32 Å². The number of hydrogen-bond donors (Lipinski definition) is 1. The minimum atomic E-state index is -0.303. The summed E-state index contributed by atoms with van der Waals surface area (Å²) in [6.07, 6.45) is -0.221. The molecule has 2 heterocycles. The van der Waals surface area contributed by atoms with Crippen LogP contribution >= 0.6 is 11.6 Å². The van der Waals surface area contributed by atoms with Crippen LogP contribution in [0.2, 0.25) is 0 Å². The Bertz CT molecular complexity index is 700. The van der Waals surface area contributed by atoms with Crippen LogP contribution in [-0.2, 0) is 5.88 Å². The van der Waals surface area contributed by atoms with Gasteiger partial charge in [-0.2, -0.15) is 0 Å². The van der Waals surface area contributed by atoms with Gasteiger partial charge in [0.15, 0.2) is 17.3 Å². The molecule has 0 radical (unpaired) electrons. The van der Waals surface area contributed by atoms with Crippen molar-refractivity contribution in [3.63, 3.8) is 0 Å². The number of fused-ring (bicyclic) bond motifs is 1. The Kier molecular flexibility index (Phi) is 4.62. The van der Waals surface area contributed by atoms with E-state index in [4.69, 9.17) is 30.2 Å². The topological polar surface area (TPSA) is 69.9 Å². The SMILES string of the molecule is CC(CNC(=O)c1ccc(CCl)o1)Oc1ccc2c(c1)OCO2. The summed E-state index contributed by atoms with van der Waals surface area (Å²) >= 11 is 5.64. The molecule has 0 bridgehead atoms. The second kappa shape index (κ2) is 6.83. The van der Waals surface area contributed by atoms with Gasteiger partial charge in [-0.25, -0.2) is 0 Å². The number of halogens is 1. The van der Waals surface area contributed by atoms with Gasteiger partial charge in [0.25, 0.3) is 5.91 Å². The predicted octanol–water partition coefficient (Wildman–Crippen LogP) is 2.94. The average molecular weight is 338 g/mol. The number of hydrogen-bond acceptors (Lipinski definition) is 5. The summed E-state index contributed by atoms with van der Waals surface area (Å²) in [5, 5.41) is 2.75. The first kappa shape index (κ1) is 15.6. The van der Waals surface area contributed by atoms with Gasteiger partial charge in [0.2, 0.25) is 6.79 Å². The molecule has 7 heteroatoms. The van der Waals surface area contributed by atoms with Crippen LogP contribution in [0.15, 0.2) is 34.7 Å². The molecule has 1 aromatic heterocycles. The molecule has 1 aliphatic heterocycles. The maximum absolute atomic E-state index is 11.9. The predicted molar refractivity (Wildman–Crippen MR) is 83.3 cm³/mol. The fourth-order valence-corrected chi connectivity index (χ4v) is 2.26. The summed E-state index contributed by atoms with van der Waals surface area (Å²) in [5.41, 5.74) is 0. The number of nitrogens with one attached hydrogen (secondary N) is 1. The third kappa shape index (κ3) is 3.71. The first-order chi connectivity index (χ1) is 11.2. The minimum Gasteiger partial charge on any atom is -0.489 e. The molecular weight excluding hydrogens is 322 g/mol. The van der Waals surface area contributed by atoms with Crippen LogP contribution in [0.1, 0.15) is 23.2 Å². The lowest BCUT2D eigenvalue weighted by Gasteiger charge is -2.15. The summed E-state index contributed by atoms with van der Waals surface area (Å²) in [5.74, 6) is 2.73. The Hall–Kier alpha value is -2.34. The highest BCUT2D eigenvalue weighted by Crippen LogP contribution is 2.35. The summed E-state index contributed by atoms with van der Waals surface area (Å²) in [6, 6.07) is 8.62. The quantitative estimate of drug-likeness (QED) is 0.821. The first-order valence-corrected chi connectivity index (χ1v) is 7.68. The molecule has 3 rings (SSSR count). The Morgan fingerprint density at radius 3 is 2.91 bits per heavy atom. The van der Waals surface area contributed by atoms with E-state index in [1.807, 2.05) is 6.92 Å². The van der Waals surface area contributed by atoms with E-state index in [1.165, 1.54) is 0 Å². The van der Waals surface area contributed by atoms with E-state index < -0.39 is 0 Å². The molecule has 23 heavy (non-hydrogen) atoms. The normalized spacial score (nSPS) is 13.7. The highest BCUT2D eigenvalue weighted by Gasteiger charge is 2.16. The van der Waals surface area contributed by atoms with E-state index in [2.05, 4.69) is 5.32 Å². The summed E-state index contributed by atoms with van der Waals surface area (Å²) in [6.45, 7) is 2.42. The van der Waals surface area contributed by atoms with E-state index >= 15 is 0 Å². The molecule has 1 atom stereocenters. The van der Waals surface area contributed by atoms with Crippen molar-refractivity contribution in [2.75, 3.05) is 13.3 Å². The second-order valence-corrected chi connectivity index (χ2v) is 5.32. The lowest BCUT2D eigenvalue weighted by molar-refractivity contribution is 0.0903. The third-order valence-corrected chi connectivity index (χ3v) is 3.51. The van der Waals surface area contributed by atoms with Crippen LogP contribution in [0.5, 0.6) is 17.2 Å². The van der Waals surface area contributed by atoms with Gasteiger partial charge in [-0.1, -0.05) is 0 Å². The lowest BCUT2D eigenvalue weighted by Crippen LogP contribution is -2.33. The van der Waals surface area contributed by atoms with Crippen LogP contribution in [-0.4, -0.2) is 25.3 Å². The smallest absolute Gasteiger partial charge is 0.287 e. The van der Waals surface area contributed by atoms with Crippen molar-refractivity contribution in [2.45, 2.75) is 18.9 Å². The van der Waals surface area contributed by atoms with E-state index in [0.29, 0.717) is 29.6 Å². The molecule has 1 N–H and O–H groups in total. The molecule has 1 unspecified atom stereocenters. The lowest BCUT2D eigenvalue weighted by atomic mass is 10.3.